The van der Waals surface area contributed by atoms with Crippen LogP contribution in [0.15, 0.2) is 64.4 Å². The maximum Gasteiger partial charge on any atom is 0.262 e. The van der Waals surface area contributed by atoms with Crippen LogP contribution >= 0.6 is 0 Å². The topological polar surface area (TPSA) is 127 Å². The summed E-state index contributed by atoms with van der Waals surface area (Å²) in [6.45, 7) is 1.07. The summed E-state index contributed by atoms with van der Waals surface area (Å²) in [4.78, 5) is 22.2. The fourth-order valence-corrected chi connectivity index (χ4v) is 4.33. The summed E-state index contributed by atoms with van der Waals surface area (Å²) < 4.78 is 24.8. The third-order valence-corrected chi connectivity index (χ3v) is 6.11. The second-order valence-electron chi connectivity index (χ2n) is 7.15. The molecule has 0 atom stereocenters. The average molecular weight is 422 g/mol. The van der Waals surface area contributed by atoms with Gasteiger partial charge in [-0.25, -0.2) is 23.2 Å². The van der Waals surface area contributed by atoms with Crippen LogP contribution in [0, 0.1) is 0 Å². The van der Waals surface area contributed by atoms with E-state index in [4.69, 9.17) is 5.14 Å². The van der Waals surface area contributed by atoms with Gasteiger partial charge in [-0.05, 0) is 42.3 Å². The Morgan fingerprint density at radius 3 is 2.70 bits per heavy atom. The van der Waals surface area contributed by atoms with Crippen molar-refractivity contribution in [3.63, 3.8) is 0 Å². The van der Waals surface area contributed by atoms with Crippen LogP contribution in [-0.2, 0) is 23.0 Å². The molecule has 1 aliphatic heterocycles. The number of aromatic amines is 1. The molecule has 152 valence electrons. The van der Waals surface area contributed by atoms with Crippen molar-refractivity contribution in [3.8, 4) is 5.69 Å². The van der Waals surface area contributed by atoms with Crippen molar-refractivity contribution in [2.24, 2.45) is 5.14 Å². The molecule has 0 saturated heterocycles. The summed E-state index contributed by atoms with van der Waals surface area (Å²) in [5, 5.41) is 9.97. The van der Waals surface area contributed by atoms with Crippen molar-refractivity contribution < 1.29 is 8.42 Å². The maximum atomic E-state index is 12.6. The molecular formula is C20H18N6O3S. The monoisotopic (exact) mass is 422 g/mol. The number of nitrogens with one attached hydrogen (secondary N) is 1. The predicted molar refractivity (Wildman–Crippen MR) is 112 cm³/mol. The number of sulfonamides is 1. The number of nitrogens with zero attached hydrogens (tertiary/aromatic N) is 4. The van der Waals surface area contributed by atoms with E-state index >= 15 is 0 Å². The van der Waals surface area contributed by atoms with E-state index in [1.165, 1.54) is 12.3 Å². The molecular weight excluding hydrogens is 404 g/mol. The normalized spacial score (nSPS) is 13.7. The Kier molecular flexibility index (Phi) is 4.19. The van der Waals surface area contributed by atoms with Gasteiger partial charge >= 0.3 is 0 Å². The first-order valence-corrected chi connectivity index (χ1v) is 10.9. The highest BCUT2D eigenvalue weighted by Crippen LogP contribution is 2.30. The van der Waals surface area contributed by atoms with E-state index in [0.717, 1.165) is 16.9 Å². The van der Waals surface area contributed by atoms with Crippen molar-refractivity contribution >= 4 is 26.7 Å². The lowest BCUT2D eigenvalue weighted by molar-refractivity contribution is 0.597. The number of primary sulfonamides is 1. The SMILES string of the molecule is NS(=O)(=O)c1ccc2c(c1)CCN2Cc1nc2c(cnn2-c2ccccc2)c(=O)[nH]1. The Morgan fingerprint density at radius 1 is 1.13 bits per heavy atom. The molecule has 0 bridgehead atoms. The first-order valence-electron chi connectivity index (χ1n) is 9.33. The van der Waals surface area contributed by atoms with Crippen molar-refractivity contribution in [2.45, 2.75) is 17.9 Å². The third-order valence-electron chi connectivity index (χ3n) is 5.20. The second kappa shape index (κ2) is 6.78. The summed E-state index contributed by atoms with van der Waals surface area (Å²) in [7, 11) is -3.74. The Morgan fingerprint density at radius 2 is 1.93 bits per heavy atom. The van der Waals surface area contributed by atoms with Gasteiger partial charge in [0.1, 0.15) is 11.2 Å². The molecule has 0 spiro atoms. The molecule has 0 unspecified atom stereocenters. The lowest BCUT2D eigenvalue weighted by Crippen LogP contribution is -2.24. The number of fused-ring (bicyclic) bond motifs is 2. The zero-order chi connectivity index (χ0) is 20.9. The zero-order valence-corrected chi connectivity index (χ0v) is 16.6. The van der Waals surface area contributed by atoms with Gasteiger partial charge in [0.05, 0.1) is 23.3 Å². The Bertz CT molecular complexity index is 1430. The van der Waals surface area contributed by atoms with Crippen LogP contribution in [0.2, 0.25) is 0 Å². The molecule has 3 N–H and O–H groups in total. The fourth-order valence-electron chi connectivity index (χ4n) is 3.77. The van der Waals surface area contributed by atoms with Crippen molar-refractivity contribution in [1.82, 2.24) is 19.7 Å². The van der Waals surface area contributed by atoms with Crippen LogP contribution in [0.4, 0.5) is 5.69 Å². The molecule has 0 fully saturated rings. The molecule has 0 aliphatic carbocycles. The van der Waals surface area contributed by atoms with Crippen molar-refractivity contribution in [3.05, 3.63) is 76.5 Å². The maximum absolute atomic E-state index is 12.6. The molecule has 0 amide bonds. The van der Waals surface area contributed by atoms with Gasteiger partial charge in [-0.15, -0.1) is 0 Å². The molecule has 2 aromatic carbocycles. The van der Waals surface area contributed by atoms with Crippen LogP contribution in [-0.4, -0.2) is 34.7 Å². The quantitative estimate of drug-likeness (QED) is 0.511. The molecule has 0 saturated carbocycles. The smallest absolute Gasteiger partial charge is 0.262 e. The summed E-state index contributed by atoms with van der Waals surface area (Å²) in [5.74, 6) is 0.508. The lowest BCUT2D eigenvalue weighted by atomic mass is 10.2. The highest BCUT2D eigenvalue weighted by atomic mass is 32.2. The van der Waals surface area contributed by atoms with Crippen LogP contribution in [0.25, 0.3) is 16.7 Å². The summed E-state index contributed by atoms with van der Waals surface area (Å²) in [6.07, 6.45) is 2.20. The van der Waals surface area contributed by atoms with Crippen molar-refractivity contribution in [1.29, 1.82) is 0 Å². The van der Waals surface area contributed by atoms with Crippen molar-refractivity contribution in [2.75, 3.05) is 11.4 Å². The molecule has 4 aromatic rings. The van der Waals surface area contributed by atoms with Gasteiger partial charge in [0.25, 0.3) is 5.56 Å². The van der Waals surface area contributed by atoms with E-state index in [1.54, 1.807) is 16.8 Å². The molecule has 0 radical (unpaired) electrons. The number of rotatable bonds is 4. The fraction of sp³-hybridized carbons (Fsp3) is 0.150. The summed E-state index contributed by atoms with van der Waals surface area (Å²) in [5.41, 5.74) is 2.87. The largest absolute Gasteiger partial charge is 0.363 e. The number of hydrogen-bond donors (Lipinski definition) is 2. The summed E-state index contributed by atoms with van der Waals surface area (Å²) >= 11 is 0. The minimum atomic E-state index is -3.74. The first kappa shape index (κ1) is 18.5. The predicted octanol–water partition coefficient (Wildman–Crippen LogP) is 1.32. The van der Waals surface area contributed by atoms with E-state index in [0.29, 0.717) is 36.4 Å². The third kappa shape index (κ3) is 3.15. The number of hydrogen-bond acceptors (Lipinski definition) is 6. The van der Waals surface area contributed by atoms with Gasteiger partial charge < -0.3 is 9.88 Å². The molecule has 5 rings (SSSR count). The Balaban J connectivity index is 1.51. The van der Waals surface area contributed by atoms with Gasteiger partial charge in [-0.2, -0.15) is 5.10 Å². The molecule has 10 heteroatoms. The highest BCUT2D eigenvalue weighted by Gasteiger charge is 2.23. The van der Waals surface area contributed by atoms with E-state index < -0.39 is 10.0 Å². The van der Waals surface area contributed by atoms with Crippen LogP contribution < -0.4 is 15.6 Å². The number of nitrogens with two attached hydrogens (primary N) is 1. The molecule has 2 aromatic heterocycles. The highest BCUT2D eigenvalue weighted by molar-refractivity contribution is 7.89. The van der Waals surface area contributed by atoms with Gasteiger partial charge in [0.15, 0.2) is 5.65 Å². The number of H-pyrrole nitrogens is 1. The Hall–Kier alpha value is -3.50. The molecule has 9 nitrogen and oxygen atoms in total. The zero-order valence-electron chi connectivity index (χ0n) is 15.8. The minimum absolute atomic E-state index is 0.0998. The number of aromatic nitrogens is 4. The first-order chi connectivity index (χ1) is 14.4. The number of anilines is 1. The van der Waals surface area contributed by atoms with Crippen LogP contribution in [0.1, 0.15) is 11.4 Å². The molecule has 1 aliphatic rings. The van der Waals surface area contributed by atoms with E-state index in [1.807, 2.05) is 30.3 Å². The van der Waals surface area contributed by atoms with Gasteiger partial charge in [-0.1, -0.05) is 18.2 Å². The Labute approximate surface area is 171 Å². The van der Waals surface area contributed by atoms with E-state index in [-0.39, 0.29) is 10.5 Å². The lowest BCUT2D eigenvalue weighted by Gasteiger charge is -2.19. The van der Waals surface area contributed by atoms with E-state index in [9.17, 15) is 13.2 Å². The standard InChI is InChI=1S/C20H18N6O3S/c21-30(28,29)15-6-7-17-13(10-15)8-9-25(17)12-18-23-19-16(20(27)24-18)11-22-26(19)14-4-2-1-3-5-14/h1-7,10-11H,8-9,12H2,(H2,21,28,29)(H,23,24,27). The average Bonchev–Trinajstić information content (AvgIpc) is 3.32. The second-order valence-corrected chi connectivity index (χ2v) is 8.71. The van der Waals surface area contributed by atoms with Gasteiger partial charge in [-0.3, -0.25) is 4.79 Å². The molecule has 3 heterocycles. The van der Waals surface area contributed by atoms with Crippen LogP contribution in [0.5, 0.6) is 0 Å². The number of para-hydroxylation sites is 1. The number of benzene rings is 2. The van der Waals surface area contributed by atoms with Crippen LogP contribution in [0.3, 0.4) is 0 Å². The van der Waals surface area contributed by atoms with Gasteiger partial charge in [0, 0.05) is 12.2 Å². The van der Waals surface area contributed by atoms with E-state index in [2.05, 4.69) is 20.0 Å². The summed E-state index contributed by atoms with van der Waals surface area (Å²) in [6, 6.07) is 14.3. The molecule has 30 heavy (non-hydrogen) atoms. The van der Waals surface area contributed by atoms with Gasteiger partial charge in [0.2, 0.25) is 10.0 Å². The minimum Gasteiger partial charge on any atom is -0.363 e.